The van der Waals surface area contributed by atoms with Gasteiger partial charge >= 0.3 is 0 Å². The zero-order valence-corrected chi connectivity index (χ0v) is 12.7. The second-order valence-corrected chi connectivity index (χ2v) is 5.67. The van der Waals surface area contributed by atoms with Gasteiger partial charge < -0.3 is 10.2 Å². The van der Waals surface area contributed by atoms with E-state index in [0.717, 1.165) is 17.0 Å². The van der Waals surface area contributed by atoms with Crippen molar-refractivity contribution in [3.63, 3.8) is 0 Å². The van der Waals surface area contributed by atoms with Gasteiger partial charge in [-0.2, -0.15) is 4.37 Å². The Bertz CT molecular complexity index is 686. The van der Waals surface area contributed by atoms with Gasteiger partial charge in [0, 0.05) is 24.5 Å². The molecule has 5 nitrogen and oxygen atoms in total. The van der Waals surface area contributed by atoms with Gasteiger partial charge in [-0.3, -0.25) is 4.79 Å². The molecule has 0 saturated carbocycles. The number of hydrogen-bond acceptors (Lipinski definition) is 5. The van der Waals surface area contributed by atoms with E-state index in [2.05, 4.69) is 14.7 Å². The normalized spacial score (nSPS) is 18.0. The second kappa shape index (κ2) is 5.96. The van der Waals surface area contributed by atoms with E-state index in [9.17, 15) is 13.6 Å². The van der Waals surface area contributed by atoms with Crippen molar-refractivity contribution in [3.8, 4) is 0 Å². The Labute approximate surface area is 130 Å². The van der Waals surface area contributed by atoms with Crippen molar-refractivity contribution in [2.75, 3.05) is 16.8 Å². The molecule has 116 valence electrons. The van der Waals surface area contributed by atoms with Crippen LogP contribution in [0.5, 0.6) is 0 Å². The minimum absolute atomic E-state index is 0.258. The molecule has 0 radical (unpaired) electrons. The van der Waals surface area contributed by atoms with Gasteiger partial charge in [0.25, 0.3) is 0 Å². The average Bonchev–Trinajstić information content (AvgIpc) is 3.08. The number of aromatic nitrogens is 2. The number of benzene rings is 1. The van der Waals surface area contributed by atoms with Gasteiger partial charge in [0.2, 0.25) is 11.0 Å². The van der Waals surface area contributed by atoms with Crippen LogP contribution in [0.2, 0.25) is 0 Å². The van der Waals surface area contributed by atoms with E-state index in [-0.39, 0.29) is 18.1 Å². The van der Waals surface area contributed by atoms with Gasteiger partial charge in [-0.1, -0.05) is 13.0 Å². The highest BCUT2D eigenvalue weighted by Crippen LogP contribution is 2.29. The topological polar surface area (TPSA) is 58.1 Å². The van der Waals surface area contributed by atoms with Crippen LogP contribution in [0.4, 0.5) is 19.6 Å². The van der Waals surface area contributed by atoms with Crippen LogP contribution in [0.15, 0.2) is 18.2 Å². The first-order valence-corrected chi connectivity index (χ1v) is 7.72. The Hall–Kier alpha value is -2.09. The number of halogens is 2. The molecule has 8 heteroatoms. The van der Waals surface area contributed by atoms with E-state index in [1.807, 2.05) is 6.92 Å². The number of carbonyl (C=O) groups excluding carboxylic acids is 1. The lowest BCUT2D eigenvalue weighted by atomic mass is 10.2. The van der Waals surface area contributed by atoms with Crippen molar-refractivity contribution in [2.45, 2.75) is 25.8 Å². The molecule has 1 aromatic heterocycles. The summed E-state index contributed by atoms with van der Waals surface area (Å²) in [4.78, 5) is 17.8. The molecule has 1 N–H and O–H groups in total. The number of carbonyl (C=O) groups is 1. The number of amides is 1. The van der Waals surface area contributed by atoms with Crippen LogP contribution in [0.3, 0.4) is 0 Å². The summed E-state index contributed by atoms with van der Waals surface area (Å²) >= 11 is 1.18. The lowest BCUT2D eigenvalue weighted by molar-refractivity contribution is -0.117. The van der Waals surface area contributed by atoms with E-state index in [1.165, 1.54) is 17.6 Å². The van der Waals surface area contributed by atoms with Gasteiger partial charge in [-0.25, -0.2) is 13.8 Å². The van der Waals surface area contributed by atoms with Crippen LogP contribution in [-0.4, -0.2) is 27.9 Å². The molecule has 0 bridgehead atoms. The fourth-order valence-electron chi connectivity index (χ4n) is 2.39. The number of aryl methyl sites for hydroxylation is 1. The van der Waals surface area contributed by atoms with Crippen LogP contribution in [0.1, 0.15) is 19.2 Å². The van der Waals surface area contributed by atoms with E-state index < -0.39 is 17.7 Å². The molecule has 1 fully saturated rings. The zero-order chi connectivity index (χ0) is 15.7. The van der Waals surface area contributed by atoms with Crippen LogP contribution < -0.4 is 10.2 Å². The lowest BCUT2D eigenvalue weighted by Gasteiger charge is -2.18. The number of hydrogen-bond donors (Lipinski definition) is 1. The molecule has 3 rings (SSSR count). The van der Waals surface area contributed by atoms with Gasteiger partial charge in [-0.05, 0) is 18.6 Å². The molecule has 1 aromatic carbocycles. The Kier molecular flexibility index (Phi) is 4.02. The van der Waals surface area contributed by atoms with Crippen molar-refractivity contribution >= 4 is 28.3 Å². The number of anilines is 2. The summed E-state index contributed by atoms with van der Waals surface area (Å²) < 4.78 is 31.7. The molecule has 1 aliphatic heterocycles. The Morgan fingerprint density at radius 3 is 2.77 bits per heavy atom. The maximum atomic E-state index is 13.8. The maximum Gasteiger partial charge on any atom is 0.249 e. The first-order chi connectivity index (χ1) is 10.6. The van der Waals surface area contributed by atoms with E-state index >= 15 is 0 Å². The summed E-state index contributed by atoms with van der Waals surface area (Å²) in [6.45, 7) is 2.20. The number of rotatable bonds is 4. The van der Waals surface area contributed by atoms with E-state index in [0.29, 0.717) is 23.8 Å². The number of nitrogens with one attached hydrogen (secondary N) is 1. The van der Waals surface area contributed by atoms with E-state index in [4.69, 9.17) is 0 Å². The molecule has 1 atom stereocenters. The van der Waals surface area contributed by atoms with Crippen molar-refractivity contribution < 1.29 is 13.6 Å². The summed E-state index contributed by atoms with van der Waals surface area (Å²) in [7, 11) is 0. The smallest absolute Gasteiger partial charge is 0.249 e. The van der Waals surface area contributed by atoms with Gasteiger partial charge in [0.05, 0.1) is 0 Å². The first kappa shape index (κ1) is 14.8. The lowest BCUT2D eigenvalue weighted by Crippen LogP contribution is -2.34. The fraction of sp³-hybridized carbons (Fsp3) is 0.357. The van der Waals surface area contributed by atoms with Crippen LogP contribution in [0.25, 0.3) is 0 Å². The minimum Gasteiger partial charge on any atom is -0.348 e. The minimum atomic E-state index is -0.738. The van der Waals surface area contributed by atoms with Crippen LogP contribution >= 0.6 is 11.5 Å². The second-order valence-electron chi connectivity index (χ2n) is 4.92. The third-order valence-electron chi connectivity index (χ3n) is 3.49. The molecule has 0 aliphatic carbocycles. The largest absolute Gasteiger partial charge is 0.348 e. The highest BCUT2D eigenvalue weighted by Gasteiger charge is 2.35. The summed E-state index contributed by atoms with van der Waals surface area (Å²) in [6.07, 6.45) is 1.16. The predicted octanol–water partition coefficient (Wildman–Crippen LogP) is 2.60. The Balaban J connectivity index is 1.77. The molecular weight excluding hydrogens is 310 g/mol. The van der Waals surface area contributed by atoms with Crippen molar-refractivity contribution in [3.05, 3.63) is 35.7 Å². The monoisotopic (exact) mass is 324 g/mol. The molecule has 2 aromatic rings. The highest BCUT2D eigenvalue weighted by atomic mass is 32.1. The fourth-order valence-corrected chi connectivity index (χ4v) is 3.09. The first-order valence-electron chi connectivity index (χ1n) is 6.94. The molecule has 2 heterocycles. The zero-order valence-electron chi connectivity index (χ0n) is 11.8. The third kappa shape index (κ3) is 2.66. The Morgan fingerprint density at radius 1 is 1.41 bits per heavy atom. The summed E-state index contributed by atoms with van der Waals surface area (Å²) in [6, 6.07) is 3.02. The average molecular weight is 324 g/mol. The van der Waals surface area contributed by atoms with E-state index in [1.54, 1.807) is 0 Å². The third-order valence-corrected chi connectivity index (χ3v) is 4.18. The molecule has 0 spiro atoms. The van der Waals surface area contributed by atoms with Gasteiger partial charge in [0.1, 0.15) is 29.2 Å². The molecule has 22 heavy (non-hydrogen) atoms. The standard InChI is InChI=1S/C14H14F2N4OS/c1-2-11-18-14(22-19-11)17-10-6-7-20(13(10)21)12-8(15)4-3-5-9(12)16/h3-5,10H,2,6-7H2,1H3,(H,17,18,19). The van der Waals surface area contributed by atoms with Crippen molar-refractivity contribution in [1.29, 1.82) is 0 Å². The van der Waals surface area contributed by atoms with Crippen LogP contribution in [-0.2, 0) is 11.2 Å². The summed E-state index contributed by atoms with van der Waals surface area (Å²) in [5, 5.41) is 3.54. The predicted molar refractivity (Wildman–Crippen MR) is 80.0 cm³/mol. The SMILES string of the molecule is CCc1nsc(NC2CCN(c3c(F)cccc3F)C2=O)n1. The molecular formula is C14H14F2N4OS. The summed E-state index contributed by atoms with van der Waals surface area (Å²) in [5.74, 6) is -1.14. The van der Waals surface area contributed by atoms with Gasteiger partial charge in [0.15, 0.2) is 0 Å². The molecule has 1 saturated heterocycles. The molecule has 1 unspecified atom stereocenters. The summed E-state index contributed by atoms with van der Waals surface area (Å²) in [5.41, 5.74) is -0.289. The molecule has 1 amide bonds. The van der Waals surface area contributed by atoms with Crippen molar-refractivity contribution in [2.24, 2.45) is 0 Å². The van der Waals surface area contributed by atoms with Gasteiger partial charge in [-0.15, -0.1) is 0 Å². The van der Waals surface area contributed by atoms with Crippen LogP contribution in [0, 0.1) is 11.6 Å². The maximum absolute atomic E-state index is 13.8. The van der Waals surface area contributed by atoms with Crippen molar-refractivity contribution in [1.82, 2.24) is 9.36 Å². The quantitative estimate of drug-likeness (QED) is 0.939. The highest BCUT2D eigenvalue weighted by molar-refractivity contribution is 7.09. The Morgan fingerprint density at radius 2 is 2.14 bits per heavy atom. The number of para-hydroxylation sites is 1. The molecule has 1 aliphatic rings. The number of nitrogens with zero attached hydrogens (tertiary/aromatic N) is 3.